The molecule has 1 aliphatic heterocycles. The van der Waals surface area contributed by atoms with Gasteiger partial charge in [-0.05, 0) is 24.3 Å². The van der Waals surface area contributed by atoms with Crippen LogP contribution in [-0.4, -0.2) is 51.8 Å². The first-order chi connectivity index (χ1) is 12.2. The van der Waals surface area contributed by atoms with Crippen LogP contribution in [0.2, 0.25) is 0 Å². The highest BCUT2D eigenvalue weighted by molar-refractivity contribution is 5.97. The molecule has 1 fully saturated rings. The van der Waals surface area contributed by atoms with Crippen LogP contribution in [0.25, 0.3) is 5.65 Å². The molecular formula is C18H17N3O4. The van der Waals surface area contributed by atoms with E-state index in [-0.39, 0.29) is 24.2 Å². The molecule has 1 atom stereocenters. The minimum absolute atomic E-state index is 0.119. The third kappa shape index (κ3) is 3.06. The van der Waals surface area contributed by atoms with Gasteiger partial charge in [-0.2, -0.15) is 0 Å². The van der Waals surface area contributed by atoms with Crippen molar-refractivity contribution in [2.45, 2.75) is 12.5 Å². The Hall–Kier alpha value is -2.93. The third-order valence-electron chi connectivity index (χ3n) is 4.35. The Bertz CT molecular complexity index is 900. The zero-order valence-electron chi connectivity index (χ0n) is 13.5. The van der Waals surface area contributed by atoms with Crippen LogP contribution in [-0.2, 0) is 4.74 Å². The van der Waals surface area contributed by atoms with Gasteiger partial charge in [0.2, 0.25) is 0 Å². The summed E-state index contributed by atoms with van der Waals surface area (Å²) in [6, 6.07) is 6.51. The van der Waals surface area contributed by atoms with Crippen LogP contribution in [0, 0.1) is 0 Å². The van der Waals surface area contributed by atoms with Crippen LogP contribution in [0.1, 0.15) is 27.3 Å². The van der Waals surface area contributed by atoms with E-state index in [1.165, 1.54) is 6.26 Å². The largest absolute Gasteiger partial charge is 0.461 e. The second-order valence-corrected chi connectivity index (χ2v) is 5.94. The van der Waals surface area contributed by atoms with E-state index in [2.05, 4.69) is 4.98 Å². The topological polar surface area (TPSA) is 77.0 Å². The fraction of sp³-hybridized carbons (Fsp3) is 0.278. The number of morpholine rings is 1. The third-order valence-corrected chi connectivity index (χ3v) is 4.35. The summed E-state index contributed by atoms with van der Waals surface area (Å²) in [5, 5.41) is 0. The van der Waals surface area contributed by atoms with Crippen LogP contribution in [0.4, 0.5) is 0 Å². The molecule has 0 bridgehead atoms. The van der Waals surface area contributed by atoms with Crippen LogP contribution in [0.15, 0.2) is 53.5 Å². The number of pyridine rings is 1. The summed E-state index contributed by atoms with van der Waals surface area (Å²) in [6.45, 7) is 1.25. The molecule has 7 heteroatoms. The molecule has 1 saturated heterocycles. The second-order valence-electron chi connectivity index (χ2n) is 5.94. The highest BCUT2D eigenvalue weighted by atomic mass is 16.5. The summed E-state index contributed by atoms with van der Waals surface area (Å²) in [4.78, 5) is 31.2. The van der Waals surface area contributed by atoms with Crippen LogP contribution < -0.4 is 0 Å². The molecule has 3 aromatic heterocycles. The van der Waals surface area contributed by atoms with Gasteiger partial charge in [-0.15, -0.1) is 0 Å². The van der Waals surface area contributed by atoms with Crippen molar-refractivity contribution in [3.05, 3.63) is 60.4 Å². The first kappa shape index (κ1) is 15.6. The minimum atomic E-state index is -0.310. The van der Waals surface area contributed by atoms with E-state index in [9.17, 15) is 9.59 Å². The highest BCUT2D eigenvalue weighted by Crippen LogP contribution is 2.18. The van der Waals surface area contributed by atoms with E-state index in [4.69, 9.17) is 9.15 Å². The van der Waals surface area contributed by atoms with Gasteiger partial charge in [-0.1, -0.05) is 0 Å². The Morgan fingerprint density at radius 1 is 1.28 bits per heavy atom. The van der Waals surface area contributed by atoms with E-state index in [1.54, 1.807) is 41.6 Å². The number of Topliss-reactive ketones (excluding diaryl/α,β-unsaturated/α-hetero) is 1. The average molecular weight is 339 g/mol. The van der Waals surface area contributed by atoms with E-state index < -0.39 is 0 Å². The molecule has 0 unspecified atom stereocenters. The number of fused-ring (bicyclic) bond motifs is 1. The molecule has 0 aliphatic carbocycles. The van der Waals surface area contributed by atoms with Gasteiger partial charge >= 0.3 is 0 Å². The Morgan fingerprint density at radius 2 is 2.20 bits per heavy atom. The van der Waals surface area contributed by atoms with Crippen molar-refractivity contribution in [1.82, 2.24) is 14.3 Å². The smallest absolute Gasteiger partial charge is 0.254 e. The molecule has 4 heterocycles. The molecule has 7 nitrogen and oxygen atoms in total. The number of nitrogens with zero attached hydrogens (tertiary/aromatic N) is 3. The predicted octanol–water partition coefficient (Wildman–Crippen LogP) is 2.04. The SMILES string of the molecule is O=C(C[C@@H]1COCCN1C(=O)c1ccn2ccnc2c1)c1ccco1. The zero-order chi connectivity index (χ0) is 17.2. The Kier molecular flexibility index (Phi) is 4.07. The lowest BCUT2D eigenvalue weighted by molar-refractivity contribution is -0.00303. The summed E-state index contributed by atoms with van der Waals surface area (Å²) < 4.78 is 12.5. The number of hydrogen-bond acceptors (Lipinski definition) is 5. The number of rotatable bonds is 4. The predicted molar refractivity (Wildman–Crippen MR) is 88.5 cm³/mol. The van der Waals surface area contributed by atoms with Crippen molar-refractivity contribution >= 4 is 17.3 Å². The van der Waals surface area contributed by atoms with Gasteiger partial charge in [0, 0.05) is 37.1 Å². The van der Waals surface area contributed by atoms with E-state index in [0.717, 1.165) is 0 Å². The summed E-state index contributed by atoms with van der Waals surface area (Å²) in [5.74, 6) is 0.0461. The van der Waals surface area contributed by atoms with Gasteiger partial charge in [0.1, 0.15) is 5.65 Å². The molecule has 0 aromatic carbocycles. The van der Waals surface area contributed by atoms with Gasteiger partial charge < -0.3 is 18.5 Å². The average Bonchev–Trinajstić information content (AvgIpc) is 3.32. The van der Waals surface area contributed by atoms with Crippen molar-refractivity contribution in [2.24, 2.45) is 0 Å². The molecule has 1 amide bonds. The van der Waals surface area contributed by atoms with E-state index in [1.807, 2.05) is 10.6 Å². The molecule has 0 N–H and O–H groups in total. The fourth-order valence-electron chi connectivity index (χ4n) is 3.05. The molecule has 0 spiro atoms. The molecule has 25 heavy (non-hydrogen) atoms. The van der Waals surface area contributed by atoms with Crippen LogP contribution in [0.5, 0.6) is 0 Å². The number of ether oxygens (including phenoxy) is 1. The lowest BCUT2D eigenvalue weighted by Crippen LogP contribution is -2.49. The molecule has 128 valence electrons. The summed E-state index contributed by atoms with van der Waals surface area (Å²) in [6.07, 6.45) is 6.95. The van der Waals surface area contributed by atoms with Crippen LogP contribution >= 0.6 is 0 Å². The lowest BCUT2D eigenvalue weighted by Gasteiger charge is -2.35. The summed E-state index contributed by atoms with van der Waals surface area (Å²) >= 11 is 0. The Morgan fingerprint density at radius 3 is 3.04 bits per heavy atom. The maximum absolute atomic E-state index is 12.9. The van der Waals surface area contributed by atoms with E-state index in [0.29, 0.717) is 36.7 Å². The standard InChI is InChI=1S/C18H17N3O4/c22-15(16-2-1-8-25-16)11-14-12-24-9-7-21(14)18(23)13-3-5-20-6-4-19-17(20)10-13/h1-6,8,10,14H,7,9,11-12H2/t14-/m1/s1. The van der Waals surface area contributed by atoms with Crippen molar-refractivity contribution in [2.75, 3.05) is 19.8 Å². The number of carbonyl (C=O) groups is 2. The fourth-order valence-corrected chi connectivity index (χ4v) is 3.05. The van der Waals surface area contributed by atoms with Gasteiger partial charge in [-0.25, -0.2) is 4.98 Å². The quantitative estimate of drug-likeness (QED) is 0.680. The van der Waals surface area contributed by atoms with Gasteiger partial charge in [0.05, 0.1) is 25.5 Å². The zero-order valence-corrected chi connectivity index (χ0v) is 13.5. The van der Waals surface area contributed by atoms with Crippen molar-refractivity contribution < 1.29 is 18.7 Å². The number of aromatic nitrogens is 2. The lowest BCUT2D eigenvalue weighted by atomic mass is 10.1. The first-order valence-corrected chi connectivity index (χ1v) is 8.10. The van der Waals surface area contributed by atoms with Gasteiger partial charge in [-0.3, -0.25) is 9.59 Å². The van der Waals surface area contributed by atoms with Gasteiger partial charge in [0.15, 0.2) is 11.5 Å². The maximum atomic E-state index is 12.9. The number of amides is 1. The van der Waals surface area contributed by atoms with Crippen molar-refractivity contribution in [3.63, 3.8) is 0 Å². The van der Waals surface area contributed by atoms with Crippen molar-refractivity contribution in [1.29, 1.82) is 0 Å². The van der Waals surface area contributed by atoms with Crippen LogP contribution in [0.3, 0.4) is 0 Å². The molecule has 0 radical (unpaired) electrons. The molecular weight excluding hydrogens is 322 g/mol. The van der Waals surface area contributed by atoms with Crippen molar-refractivity contribution in [3.8, 4) is 0 Å². The minimum Gasteiger partial charge on any atom is -0.461 e. The van der Waals surface area contributed by atoms with Gasteiger partial charge in [0.25, 0.3) is 5.91 Å². The second kappa shape index (κ2) is 6.52. The number of furan rings is 1. The molecule has 4 rings (SSSR count). The maximum Gasteiger partial charge on any atom is 0.254 e. The molecule has 3 aromatic rings. The summed E-state index contributed by atoms with van der Waals surface area (Å²) in [5.41, 5.74) is 1.26. The molecule has 0 saturated carbocycles. The number of imidazole rings is 1. The number of carbonyl (C=O) groups excluding carboxylic acids is 2. The normalized spacial score (nSPS) is 17.8. The highest BCUT2D eigenvalue weighted by Gasteiger charge is 2.30. The first-order valence-electron chi connectivity index (χ1n) is 8.10. The molecule has 1 aliphatic rings. The summed E-state index contributed by atoms with van der Waals surface area (Å²) in [7, 11) is 0. The number of hydrogen-bond donors (Lipinski definition) is 0. The Balaban J connectivity index is 1.55. The monoisotopic (exact) mass is 339 g/mol. The number of ketones is 1. The van der Waals surface area contributed by atoms with E-state index >= 15 is 0 Å². The Labute approximate surface area is 143 Å².